The van der Waals surface area contributed by atoms with Gasteiger partial charge in [0.15, 0.2) is 0 Å². The highest BCUT2D eigenvalue weighted by atomic mass is 16.4. The van der Waals surface area contributed by atoms with Crippen LogP contribution in [0.3, 0.4) is 0 Å². The highest BCUT2D eigenvalue weighted by Crippen LogP contribution is 2.47. The number of fused-ring (bicyclic) bond motifs is 1. The highest BCUT2D eigenvalue weighted by Gasteiger charge is 2.43. The molecule has 196 valence electrons. The van der Waals surface area contributed by atoms with Gasteiger partial charge in [-0.15, -0.1) is 0 Å². The number of aromatic carboxylic acids is 1. The van der Waals surface area contributed by atoms with E-state index in [2.05, 4.69) is 45.5 Å². The van der Waals surface area contributed by atoms with Gasteiger partial charge in [0.1, 0.15) is 0 Å². The van der Waals surface area contributed by atoms with Gasteiger partial charge in [-0.1, -0.05) is 60.7 Å². The number of benzene rings is 3. The van der Waals surface area contributed by atoms with Crippen molar-refractivity contribution in [2.75, 3.05) is 6.54 Å². The number of carbonyl (C=O) groups is 2. The Balaban J connectivity index is 1.25. The van der Waals surface area contributed by atoms with E-state index in [1.54, 1.807) is 24.4 Å². The summed E-state index contributed by atoms with van der Waals surface area (Å²) < 4.78 is 0. The lowest BCUT2D eigenvalue weighted by Crippen LogP contribution is -2.32. The molecule has 3 aromatic carbocycles. The van der Waals surface area contributed by atoms with Crippen molar-refractivity contribution in [2.24, 2.45) is 5.92 Å². The molecule has 1 amide bonds. The molecule has 6 heteroatoms. The lowest BCUT2D eigenvalue weighted by atomic mass is 9.87. The molecule has 1 saturated carbocycles. The van der Waals surface area contributed by atoms with Crippen LogP contribution in [-0.4, -0.2) is 33.4 Å². The van der Waals surface area contributed by atoms with Crippen LogP contribution in [0.2, 0.25) is 0 Å². The first kappa shape index (κ1) is 25.0. The van der Waals surface area contributed by atoms with E-state index in [4.69, 9.17) is 0 Å². The number of pyridine rings is 1. The summed E-state index contributed by atoms with van der Waals surface area (Å²) in [4.78, 5) is 31.3. The van der Waals surface area contributed by atoms with Crippen molar-refractivity contribution in [3.63, 3.8) is 0 Å². The average Bonchev–Trinajstić information content (AvgIpc) is 3.78. The molecule has 1 fully saturated rings. The number of hydrogen-bond donors (Lipinski definition) is 2. The zero-order valence-corrected chi connectivity index (χ0v) is 21.7. The van der Waals surface area contributed by atoms with Crippen LogP contribution in [0.1, 0.15) is 50.5 Å². The second kappa shape index (κ2) is 10.8. The second-order valence-electron chi connectivity index (χ2n) is 10.5. The summed E-state index contributed by atoms with van der Waals surface area (Å²) in [7, 11) is 0. The van der Waals surface area contributed by atoms with E-state index in [0.29, 0.717) is 12.5 Å². The fraction of sp³-hybridized carbons (Fsp3) is 0.242. The molecule has 4 aromatic rings. The predicted octanol–water partition coefficient (Wildman–Crippen LogP) is 5.43. The van der Waals surface area contributed by atoms with Gasteiger partial charge in [0.05, 0.1) is 5.56 Å². The van der Waals surface area contributed by atoms with Crippen LogP contribution in [0, 0.1) is 5.92 Å². The smallest absolute Gasteiger partial charge is 0.335 e. The molecule has 2 N–H and O–H groups in total. The van der Waals surface area contributed by atoms with Crippen molar-refractivity contribution in [3.8, 4) is 11.1 Å². The molecular weight excluding hydrogens is 486 g/mol. The van der Waals surface area contributed by atoms with Crippen LogP contribution in [0.25, 0.3) is 11.1 Å². The SMILES string of the molecule is O=C(O)c1cccc(-c2ccc(CNC(=O)C3CC3c3ccccc3)c3c2CCN(Cc2cccnc2)C3)c1. The van der Waals surface area contributed by atoms with Crippen LogP contribution >= 0.6 is 0 Å². The Morgan fingerprint density at radius 3 is 2.64 bits per heavy atom. The van der Waals surface area contributed by atoms with E-state index in [1.807, 2.05) is 36.5 Å². The number of carboxylic acids is 1. The Hall–Kier alpha value is -4.29. The number of aromatic nitrogens is 1. The zero-order chi connectivity index (χ0) is 26.8. The van der Waals surface area contributed by atoms with Crippen LogP contribution < -0.4 is 5.32 Å². The Labute approximate surface area is 228 Å². The molecule has 6 nitrogen and oxygen atoms in total. The minimum absolute atomic E-state index is 0.0309. The lowest BCUT2D eigenvalue weighted by Gasteiger charge is -2.32. The Kier molecular flexibility index (Phi) is 6.95. The Morgan fingerprint density at radius 1 is 0.974 bits per heavy atom. The van der Waals surface area contributed by atoms with Gasteiger partial charge in [0, 0.05) is 44.5 Å². The van der Waals surface area contributed by atoms with Crippen molar-refractivity contribution in [1.29, 1.82) is 0 Å². The maximum Gasteiger partial charge on any atom is 0.335 e. The molecule has 39 heavy (non-hydrogen) atoms. The van der Waals surface area contributed by atoms with Crippen LogP contribution in [-0.2, 0) is 30.8 Å². The van der Waals surface area contributed by atoms with E-state index in [1.165, 1.54) is 22.3 Å². The van der Waals surface area contributed by atoms with E-state index in [9.17, 15) is 14.7 Å². The van der Waals surface area contributed by atoms with Gasteiger partial charge < -0.3 is 10.4 Å². The molecule has 2 heterocycles. The Bertz CT molecular complexity index is 1500. The molecule has 1 aliphatic heterocycles. The molecular formula is C33H31N3O3. The molecule has 1 aromatic heterocycles. The predicted molar refractivity (Wildman–Crippen MR) is 150 cm³/mol. The average molecular weight is 518 g/mol. The first-order valence-electron chi connectivity index (χ1n) is 13.5. The van der Waals surface area contributed by atoms with Crippen molar-refractivity contribution in [3.05, 3.63) is 125 Å². The Morgan fingerprint density at radius 2 is 1.85 bits per heavy atom. The van der Waals surface area contributed by atoms with Gasteiger partial charge >= 0.3 is 5.97 Å². The quantitative estimate of drug-likeness (QED) is 0.326. The number of nitrogens with one attached hydrogen (secondary N) is 1. The number of hydrogen-bond acceptors (Lipinski definition) is 4. The summed E-state index contributed by atoms with van der Waals surface area (Å²) in [6.07, 6.45) is 5.44. The number of carbonyl (C=O) groups excluding carboxylic acids is 1. The fourth-order valence-electron chi connectivity index (χ4n) is 5.80. The minimum atomic E-state index is -0.929. The van der Waals surface area contributed by atoms with Crippen LogP contribution in [0.4, 0.5) is 0 Å². The van der Waals surface area contributed by atoms with E-state index >= 15 is 0 Å². The first-order valence-corrected chi connectivity index (χ1v) is 13.5. The monoisotopic (exact) mass is 517 g/mol. The molecule has 0 bridgehead atoms. The maximum absolute atomic E-state index is 13.0. The maximum atomic E-state index is 13.0. The van der Waals surface area contributed by atoms with Crippen LogP contribution in [0.5, 0.6) is 0 Å². The molecule has 1 aliphatic carbocycles. The molecule has 0 radical (unpaired) electrons. The van der Waals surface area contributed by atoms with Gasteiger partial charge in [0.25, 0.3) is 0 Å². The van der Waals surface area contributed by atoms with Gasteiger partial charge in [-0.05, 0) is 75.9 Å². The van der Waals surface area contributed by atoms with E-state index in [-0.39, 0.29) is 17.4 Å². The molecule has 0 saturated heterocycles. The largest absolute Gasteiger partial charge is 0.478 e. The standard InChI is InChI=1S/C33H31N3O3/c37-32(30-17-29(30)23-7-2-1-3-8-23)35-19-26-11-12-27(24-9-4-10-25(16-24)33(38)39)28-13-15-36(21-31(26)28)20-22-6-5-14-34-18-22/h1-12,14,16,18,29-30H,13,15,17,19-21H2,(H,35,37)(H,38,39). The fourth-order valence-corrected chi connectivity index (χ4v) is 5.80. The molecule has 2 aliphatic rings. The summed E-state index contributed by atoms with van der Waals surface area (Å²) >= 11 is 0. The summed E-state index contributed by atoms with van der Waals surface area (Å²) in [5.41, 5.74) is 8.23. The van der Waals surface area contributed by atoms with Gasteiger partial charge in [0.2, 0.25) is 5.91 Å². The van der Waals surface area contributed by atoms with Gasteiger partial charge in [-0.25, -0.2) is 4.79 Å². The van der Waals surface area contributed by atoms with Gasteiger partial charge in [-0.3, -0.25) is 14.7 Å². The van der Waals surface area contributed by atoms with Crippen LogP contribution in [0.15, 0.2) is 91.3 Å². The van der Waals surface area contributed by atoms with E-state index < -0.39 is 5.97 Å². The molecule has 6 rings (SSSR count). The van der Waals surface area contributed by atoms with Crippen molar-refractivity contribution >= 4 is 11.9 Å². The van der Waals surface area contributed by atoms with Crippen molar-refractivity contribution in [1.82, 2.24) is 15.2 Å². The zero-order valence-electron chi connectivity index (χ0n) is 21.7. The highest BCUT2D eigenvalue weighted by molar-refractivity contribution is 5.89. The number of carboxylic acid groups (broad SMARTS) is 1. The third-order valence-corrected chi connectivity index (χ3v) is 7.95. The minimum Gasteiger partial charge on any atom is -0.478 e. The second-order valence-corrected chi connectivity index (χ2v) is 10.5. The molecule has 2 unspecified atom stereocenters. The van der Waals surface area contributed by atoms with Crippen molar-refractivity contribution in [2.45, 2.75) is 38.4 Å². The van der Waals surface area contributed by atoms with Gasteiger partial charge in [-0.2, -0.15) is 0 Å². The molecule has 0 spiro atoms. The normalized spacial score (nSPS) is 18.3. The summed E-state index contributed by atoms with van der Waals surface area (Å²) in [5.74, 6) is -0.484. The number of rotatable bonds is 8. The summed E-state index contributed by atoms with van der Waals surface area (Å²) in [6, 6.07) is 25.6. The summed E-state index contributed by atoms with van der Waals surface area (Å²) in [6.45, 7) is 2.94. The van der Waals surface area contributed by atoms with Crippen molar-refractivity contribution < 1.29 is 14.7 Å². The first-order chi connectivity index (χ1) is 19.1. The number of amides is 1. The topological polar surface area (TPSA) is 82.5 Å². The number of nitrogens with zero attached hydrogens (tertiary/aromatic N) is 2. The third kappa shape index (κ3) is 5.47. The third-order valence-electron chi connectivity index (χ3n) is 7.95. The molecule has 2 atom stereocenters. The summed E-state index contributed by atoms with van der Waals surface area (Å²) in [5, 5.41) is 12.7. The van der Waals surface area contributed by atoms with E-state index in [0.717, 1.165) is 49.2 Å². The lowest BCUT2D eigenvalue weighted by molar-refractivity contribution is -0.122.